The third-order valence-electron chi connectivity index (χ3n) is 5.48. The van der Waals surface area contributed by atoms with Crippen molar-refractivity contribution >= 4 is 11.9 Å². The number of aryl methyl sites for hydroxylation is 2. The zero-order chi connectivity index (χ0) is 17.5. The van der Waals surface area contributed by atoms with Gasteiger partial charge in [-0.25, -0.2) is 0 Å². The van der Waals surface area contributed by atoms with E-state index in [0.29, 0.717) is 18.8 Å². The summed E-state index contributed by atoms with van der Waals surface area (Å²) in [4.78, 5) is 28.7. The molecule has 2 unspecified atom stereocenters. The van der Waals surface area contributed by atoms with Gasteiger partial charge in [-0.3, -0.25) is 14.3 Å². The van der Waals surface area contributed by atoms with Crippen LogP contribution in [-0.4, -0.2) is 69.8 Å². The Hall–Kier alpha value is -1.89. The molecule has 0 spiro atoms. The van der Waals surface area contributed by atoms with Gasteiger partial charge in [-0.1, -0.05) is 13.3 Å². The van der Waals surface area contributed by atoms with E-state index in [0.717, 1.165) is 31.5 Å². The van der Waals surface area contributed by atoms with Gasteiger partial charge in [0.15, 0.2) is 0 Å². The molecule has 2 aliphatic heterocycles. The van der Waals surface area contributed by atoms with Gasteiger partial charge in [0.25, 0.3) is 5.91 Å². The summed E-state index contributed by atoms with van der Waals surface area (Å²) in [5.41, 5.74) is 0.617. The lowest BCUT2D eigenvalue weighted by molar-refractivity contribution is -0.153. The van der Waals surface area contributed by atoms with E-state index < -0.39 is 11.4 Å². The summed E-state index contributed by atoms with van der Waals surface area (Å²) in [5, 5.41) is 14.2. The van der Waals surface area contributed by atoms with Crippen molar-refractivity contribution in [1.29, 1.82) is 0 Å². The minimum Gasteiger partial charge on any atom is -0.481 e. The largest absolute Gasteiger partial charge is 0.481 e. The maximum atomic E-state index is 12.9. The summed E-state index contributed by atoms with van der Waals surface area (Å²) < 4.78 is 1.62. The van der Waals surface area contributed by atoms with Crippen LogP contribution in [0.25, 0.3) is 0 Å². The molecule has 7 nitrogen and oxygen atoms in total. The number of hydrogen-bond acceptors (Lipinski definition) is 4. The standard InChI is InChI=1S/C17H26N4O3/c1-4-5-13-8-14(20(3)18-13)15(22)21-9-12-6-7-19(2)10-17(12,11-21)16(23)24/h8,12H,4-7,9-11H2,1-3H3,(H,23,24). The Morgan fingerprint density at radius 2 is 2.12 bits per heavy atom. The number of carboxylic acids is 1. The average molecular weight is 334 g/mol. The Kier molecular flexibility index (Phi) is 4.38. The fourth-order valence-corrected chi connectivity index (χ4v) is 4.19. The van der Waals surface area contributed by atoms with Gasteiger partial charge in [0.05, 0.1) is 5.69 Å². The number of fused-ring (bicyclic) bond motifs is 1. The normalized spacial score (nSPS) is 27.3. The number of nitrogens with zero attached hydrogens (tertiary/aromatic N) is 4. The second kappa shape index (κ2) is 6.20. The molecular formula is C17H26N4O3. The van der Waals surface area contributed by atoms with Crippen molar-refractivity contribution in [2.24, 2.45) is 18.4 Å². The Labute approximate surface area is 142 Å². The summed E-state index contributed by atoms with van der Waals surface area (Å²) >= 11 is 0. The summed E-state index contributed by atoms with van der Waals surface area (Å²) in [6.07, 6.45) is 2.64. The molecule has 3 rings (SSSR count). The molecule has 132 valence electrons. The minimum absolute atomic E-state index is 0.0264. The first kappa shape index (κ1) is 17.0. The molecule has 0 aromatic carbocycles. The van der Waals surface area contributed by atoms with Crippen LogP contribution in [0.3, 0.4) is 0 Å². The maximum Gasteiger partial charge on any atom is 0.313 e. The van der Waals surface area contributed by atoms with Crippen LogP contribution in [0.15, 0.2) is 6.07 Å². The third-order valence-corrected chi connectivity index (χ3v) is 5.48. The lowest BCUT2D eigenvalue weighted by atomic mass is 9.73. The number of likely N-dealkylation sites (tertiary alicyclic amines) is 2. The van der Waals surface area contributed by atoms with Crippen molar-refractivity contribution in [1.82, 2.24) is 19.6 Å². The van der Waals surface area contributed by atoms with Gasteiger partial charge in [-0.05, 0) is 38.4 Å². The highest BCUT2D eigenvalue weighted by molar-refractivity contribution is 5.93. The van der Waals surface area contributed by atoms with Crippen molar-refractivity contribution in [2.75, 3.05) is 33.2 Å². The van der Waals surface area contributed by atoms with Crippen molar-refractivity contribution in [3.8, 4) is 0 Å². The van der Waals surface area contributed by atoms with Crippen molar-refractivity contribution in [3.05, 3.63) is 17.5 Å². The second-order valence-electron chi connectivity index (χ2n) is 7.26. The number of carbonyl (C=O) groups excluding carboxylic acids is 1. The van der Waals surface area contributed by atoms with Crippen LogP contribution in [0, 0.1) is 11.3 Å². The van der Waals surface area contributed by atoms with E-state index in [4.69, 9.17) is 0 Å². The Morgan fingerprint density at radius 1 is 1.38 bits per heavy atom. The monoisotopic (exact) mass is 334 g/mol. The lowest BCUT2D eigenvalue weighted by Crippen LogP contribution is -2.52. The highest BCUT2D eigenvalue weighted by atomic mass is 16.4. The molecule has 1 N–H and O–H groups in total. The fraction of sp³-hybridized carbons (Fsp3) is 0.706. The number of amides is 1. The molecule has 3 heterocycles. The van der Waals surface area contributed by atoms with Crippen LogP contribution in [0.5, 0.6) is 0 Å². The number of piperidine rings is 1. The summed E-state index contributed by atoms with van der Waals surface area (Å²) in [6, 6.07) is 1.84. The van der Waals surface area contributed by atoms with Crippen molar-refractivity contribution < 1.29 is 14.7 Å². The van der Waals surface area contributed by atoms with E-state index >= 15 is 0 Å². The first-order valence-electron chi connectivity index (χ1n) is 8.61. The number of carboxylic acid groups (broad SMARTS) is 1. The van der Waals surface area contributed by atoms with Gasteiger partial charge >= 0.3 is 5.97 Å². The smallest absolute Gasteiger partial charge is 0.313 e. The third kappa shape index (κ3) is 2.70. The van der Waals surface area contributed by atoms with E-state index in [1.807, 2.05) is 13.1 Å². The highest BCUT2D eigenvalue weighted by Crippen LogP contribution is 2.42. The Balaban J connectivity index is 1.83. The predicted octanol–water partition coefficient (Wildman–Crippen LogP) is 0.851. The van der Waals surface area contributed by atoms with Gasteiger partial charge in [-0.15, -0.1) is 0 Å². The van der Waals surface area contributed by atoms with Crippen molar-refractivity contribution in [2.45, 2.75) is 26.2 Å². The van der Waals surface area contributed by atoms with Crippen LogP contribution >= 0.6 is 0 Å². The highest BCUT2D eigenvalue weighted by Gasteiger charge is 2.55. The Bertz CT molecular complexity index is 656. The minimum atomic E-state index is -0.840. The molecule has 0 bridgehead atoms. The number of aliphatic carboxylic acids is 1. The predicted molar refractivity (Wildman–Crippen MR) is 88.8 cm³/mol. The molecule has 0 radical (unpaired) electrons. The van der Waals surface area contributed by atoms with Crippen LogP contribution < -0.4 is 0 Å². The molecule has 0 saturated carbocycles. The first-order chi connectivity index (χ1) is 11.4. The number of hydrogen-bond donors (Lipinski definition) is 1. The molecule has 1 aromatic heterocycles. The average Bonchev–Trinajstić information content (AvgIpc) is 3.08. The van der Waals surface area contributed by atoms with Gasteiger partial charge in [0.1, 0.15) is 11.1 Å². The van der Waals surface area contributed by atoms with Gasteiger partial charge in [0, 0.05) is 26.7 Å². The Morgan fingerprint density at radius 3 is 2.79 bits per heavy atom. The fourth-order valence-electron chi connectivity index (χ4n) is 4.19. The molecule has 2 aliphatic rings. The summed E-state index contributed by atoms with van der Waals surface area (Å²) in [5.74, 6) is -0.866. The van der Waals surface area contributed by atoms with Gasteiger partial charge < -0.3 is 14.9 Å². The number of carbonyl (C=O) groups is 2. The molecule has 24 heavy (non-hydrogen) atoms. The van der Waals surface area contributed by atoms with Gasteiger partial charge in [0.2, 0.25) is 0 Å². The molecule has 7 heteroatoms. The number of rotatable bonds is 4. The van der Waals surface area contributed by atoms with E-state index in [9.17, 15) is 14.7 Å². The van der Waals surface area contributed by atoms with Gasteiger partial charge in [-0.2, -0.15) is 5.10 Å². The summed E-state index contributed by atoms with van der Waals surface area (Å²) in [6.45, 7) is 4.27. The van der Waals surface area contributed by atoms with Crippen molar-refractivity contribution in [3.63, 3.8) is 0 Å². The maximum absolute atomic E-state index is 12.9. The molecule has 0 aliphatic carbocycles. The molecular weight excluding hydrogens is 308 g/mol. The van der Waals surface area contributed by atoms with E-state index in [2.05, 4.69) is 16.9 Å². The van der Waals surface area contributed by atoms with Crippen LogP contribution in [-0.2, 0) is 18.3 Å². The zero-order valence-corrected chi connectivity index (χ0v) is 14.7. The first-order valence-corrected chi connectivity index (χ1v) is 8.61. The SMILES string of the molecule is CCCc1cc(C(=O)N2CC3CCN(C)CC3(C(=O)O)C2)n(C)n1. The summed E-state index contributed by atoms with van der Waals surface area (Å²) in [7, 11) is 3.72. The zero-order valence-electron chi connectivity index (χ0n) is 14.7. The van der Waals surface area contributed by atoms with Crippen LogP contribution in [0.1, 0.15) is 35.9 Å². The molecule has 2 saturated heterocycles. The van der Waals surface area contributed by atoms with E-state index in [-0.39, 0.29) is 18.4 Å². The lowest BCUT2D eigenvalue weighted by Gasteiger charge is -2.39. The van der Waals surface area contributed by atoms with Crippen LogP contribution in [0.2, 0.25) is 0 Å². The molecule has 2 fully saturated rings. The second-order valence-corrected chi connectivity index (χ2v) is 7.26. The number of aromatic nitrogens is 2. The molecule has 2 atom stereocenters. The molecule has 1 aromatic rings. The molecule has 1 amide bonds. The van der Waals surface area contributed by atoms with E-state index in [1.165, 1.54) is 0 Å². The quantitative estimate of drug-likeness (QED) is 0.883. The van der Waals surface area contributed by atoms with Crippen LogP contribution in [0.4, 0.5) is 0 Å². The van der Waals surface area contributed by atoms with E-state index in [1.54, 1.807) is 16.6 Å². The topological polar surface area (TPSA) is 78.7 Å².